The van der Waals surface area contributed by atoms with Crippen LogP contribution in [0.1, 0.15) is 32.1 Å². The molecule has 3 unspecified atom stereocenters. The van der Waals surface area contributed by atoms with Gasteiger partial charge in [0.2, 0.25) is 0 Å². The summed E-state index contributed by atoms with van der Waals surface area (Å²) in [6, 6.07) is 0.856. The van der Waals surface area contributed by atoms with Crippen molar-refractivity contribution in [3.63, 3.8) is 0 Å². The molecule has 0 radical (unpaired) electrons. The smallest absolute Gasteiger partial charge is 0.0120 e. The Labute approximate surface area is 87.0 Å². The van der Waals surface area contributed by atoms with E-state index in [9.17, 15) is 0 Å². The van der Waals surface area contributed by atoms with Gasteiger partial charge >= 0.3 is 0 Å². The zero-order valence-corrected chi connectivity index (χ0v) is 9.04. The quantitative estimate of drug-likeness (QED) is 0.732. The Bertz CT molecular complexity index is 200. The predicted octanol–water partition coefficient (Wildman–Crippen LogP) is 1.47. The first-order chi connectivity index (χ1) is 6.92. The maximum atomic E-state index is 3.82. The fourth-order valence-electron chi connectivity index (χ4n) is 3.24. The van der Waals surface area contributed by atoms with Crippen LogP contribution in [-0.4, -0.2) is 37.1 Å². The summed E-state index contributed by atoms with van der Waals surface area (Å²) in [6.07, 6.45) is 7.29. The Balaban J connectivity index is 1.47. The molecule has 2 bridgehead atoms. The van der Waals surface area contributed by atoms with Crippen molar-refractivity contribution in [1.82, 2.24) is 10.2 Å². The lowest BCUT2D eigenvalue weighted by molar-refractivity contribution is 0.202. The molecule has 2 nitrogen and oxygen atoms in total. The second kappa shape index (κ2) is 3.82. The third-order valence-electron chi connectivity index (χ3n) is 4.53. The van der Waals surface area contributed by atoms with Crippen LogP contribution in [0.25, 0.3) is 0 Å². The maximum Gasteiger partial charge on any atom is 0.0120 e. The zero-order valence-electron chi connectivity index (χ0n) is 9.04. The summed E-state index contributed by atoms with van der Waals surface area (Å²) in [5.41, 5.74) is 0. The lowest BCUT2D eigenvalue weighted by Gasteiger charge is -2.34. The zero-order chi connectivity index (χ0) is 9.38. The summed E-state index contributed by atoms with van der Waals surface area (Å²) >= 11 is 0. The molecule has 2 saturated heterocycles. The van der Waals surface area contributed by atoms with Crippen molar-refractivity contribution < 1.29 is 0 Å². The summed E-state index contributed by atoms with van der Waals surface area (Å²) in [4.78, 5) is 2.63. The highest BCUT2D eigenvalue weighted by atomic mass is 15.2. The minimum atomic E-state index is 0.856. The molecule has 1 saturated carbocycles. The normalized spacial score (nSPS) is 42.4. The van der Waals surface area contributed by atoms with Crippen LogP contribution in [0.15, 0.2) is 0 Å². The molecule has 3 aliphatic rings. The molecular formula is C12H22N2. The molecule has 3 rings (SSSR count). The van der Waals surface area contributed by atoms with Crippen LogP contribution in [0.2, 0.25) is 0 Å². The Morgan fingerprint density at radius 1 is 1.07 bits per heavy atom. The summed E-state index contributed by atoms with van der Waals surface area (Å²) in [5.74, 6) is 2.00. The van der Waals surface area contributed by atoms with Gasteiger partial charge in [-0.3, -0.25) is 0 Å². The van der Waals surface area contributed by atoms with E-state index in [4.69, 9.17) is 0 Å². The standard InChI is InChI=1S/C12H22N2/c1-2-10(3-1)8-13-12-5-7-14-6-4-11(12)9-14/h10-13H,1-9H2. The fourth-order valence-corrected chi connectivity index (χ4v) is 3.24. The van der Waals surface area contributed by atoms with Crippen LogP contribution < -0.4 is 5.32 Å². The molecule has 0 amide bonds. The first-order valence-corrected chi connectivity index (χ1v) is 6.37. The topological polar surface area (TPSA) is 15.3 Å². The molecule has 0 spiro atoms. The van der Waals surface area contributed by atoms with Gasteiger partial charge in [-0.25, -0.2) is 0 Å². The van der Waals surface area contributed by atoms with Crippen LogP contribution in [-0.2, 0) is 0 Å². The van der Waals surface area contributed by atoms with Gasteiger partial charge in [0.25, 0.3) is 0 Å². The third-order valence-corrected chi connectivity index (χ3v) is 4.53. The van der Waals surface area contributed by atoms with E-state index >= 15 is 0 Å². The minimum absolute atomic E-state index is 0.856. The third kappa shape index (κ3) is 1.70. The Kier molecular flexibility index (Phi) is 2.50. The Morgan fingerprint density at radius 2 is 1.93 bits per heavy atom. The number of rotatable bonds is 3. The molecule has 0 aromatic carbocycles. The molecule has 80 valence electrons. The maximum absolute atomic E-state index is 3.82. The number of hydrogen-bond acceptors (Lipinski definition) is 2. The SMILES string of the molecule is C1CC(CNC2CCN3CCC2C3)C1. The molecule has 0 aromatic heterocycles. The summed E-state index contributed by atoms with van der Waals surface area (Å²) in [5, 5.41) is 3.82. The van der Waals surface area contributed by atoms with Gasteiger partial charge in [-0.15, -0.1) is 0 Å². The second-order valence-electron chi connectivity index (χ2n) is 5.45. The molecule has 2 aliphatic heterocycles. The molecule has 2 heterocycles. The Hall–Kier alpha value is -0.0800. The van der Waals surface area contributed by atoms with Gasteiger partial charge in [0, 0.05) is 12.6 Å². The van der Waals surface area contributed by atoms with E-state index in [-0.39, 0.29) is 0 Å². The van der Waals surface area contributed by atoms with Gasteiger partial charge < -0.3 is 10.2 Å². The van der Waals surface area contributed by atoms with E-state index in [1.54, 1.807) is 0 Å². The summed E-state index contributed by atoms with van der Waals surface area (Å²) in [6.45, 7) is 5.40. The minimum Gasteiger partial charge on any atom is -0.313 e. The van der Waals surface area contributed by atoms with Crippen molar-refractivity contribution in [2.24, 2.45) is 11.8 Å². The van der Waals surface area contributed by atoms with Crippen molar-refractivity contribution in [3.05, 3.63) is 0 Å². The predicted molar refractivity (Wildman–Crippen MR) is 58.3 cm³/mol. The van der Waals surface area contributed by atoms with Gasteiger partial charge in [-0.05, 0) is 57.2 Å². The molecule has 1 N–H and O–H groups in total. The molecular weight excluding hydrogens is 172 g/mol. The fraction of sp³-hybridized carbons (Fsp3) is 1.00. The molecule has 2 heteroatoms. The number of nitrogens with zero attached hydrogens (tertiary/aromatic N) is 1. The van der Waals surface area contributed by atoms with Crippen molar-refractivity contribution in [2.45, 2.75) is 38.1 Å². The van der Waals surface area contributed by atoms with E-state index in [1.807, 2.05) is 0 Å². The van der Waals surface area contributed by atoms with Gasteiger partial charge in [-0.1, -0.05) is 6.42 Å². The number of fused-ring (bicyclic) bond motifs is 2. The lowest BCUT2D eigenvalue weighted by Crippen LogP contribution is -2.45. The first-order valence-electron chi connectivity index (χ1n) is 6.37. The van der Waals surface area contributed by atoms with Crippen LogP contribution >= 0.6 is 0 Å². The molecule has 1 aliphatic carbocycles. The number of piperidine rings is 1. The Morgan fingerprint density at radius 3 is 2.71 bits per heavy atom. The van der Waals surface area contributed by atoms with Gasteiger partial charge in [-0.2, -0.15) is 0 Å². The average molecular weight is 194 g/mol. The van der Waals surface area contributed by atoms with E-state index in [1.165, 1.54) is 58.3 Å². The van der Waals surface area contributed by atoms with Gasteiger partial charge in [0.1, 0.15) is 0 Å². The van der Waals surface area contributed by atoms with E-state index in [0.29, 0.717) is 0 Å². The van der Waals surface area contributed by atoms with E-state index < -0.39 is 0 Å². The van der Waals surface area contributed by atoms with Crippen LogP contribution in [0, 0.1) is 11.8 Å². The second-order valence-corrected chi connectivity index (χ2v) is 5.45. The van der Waals surface area contributed by atoms with Crippen LogP contribution in [0.3, 0.4) is 0 Å². The van der Waals surface area contributed by atoms with Crippen molar-refractivity contribution in [3.8, 4) is 0 Å². The van der Waals surface area contributed by atoms with Crippen molar-refractivity contribution >= 4 is 0 Å². The van der Waals surface area contributed by atoms with Gasteiger partial charge in [0.05, 0.1) is 0 Å². The highest BCUT2D eigenvalue weighted by Crippen LogP contribution is 2.29. The van der Waals surface area contributed by atoms with Crippen LogP contribution in [0.4, 0.5) is 0 Å². The van der Waals surface area contributed by atoms with Crippen LogP contribution in [0.5, 0.6) is 0 Å². The summed E-state index contributed by atoms with van der Waals surface area (Å²) in [7, 11) is 0. The summed E-state index contributed by atoms with van der Waals surface area (Å²) < 4.78 is 0. The highest BCUT2D eigenvalue weighted by molar-refractivity contribution is 4.91. The largest absolute Gasteiger partial charge is 0.313 e. The number of nitrogens with one attached hydrogen (secondary N) is 1. The lowest BCUT2D eigenvalue weighted by atomic mass is 9.84. The van der Waals surface area contributed by atoms with Gasteiger partial charge in [0.15, 0.2) is 0 Å². The number of hydrogen-bond donors (Lipinski definition) is 1. The van der Waals surface area contributed by atoms with E-state index in [0.717, 1.165) is 17.9 Å². The van der Waals surface area contributed by atoms with Crippen molar-refractivity contribution in [2.75, 3.05) is 26.2 Å². The monoisotopic (exact) mass is 194 g/mol. The molecule has 3 fully saturated rings. The van der Waals surface area contributed by atoms with Crippen molar-refractivity contribution in [1.29, 1.82) is 0 Å². The average Bonchev–Trinajstić information content (AvgIpc) is 2.50. The molecule has 3 atom stereocenters. The van der Waals surface area contributed by atoms with E-state index in [2.05, 4.69) is 10.2 Å². The first kappa shape index (κ1) is 9.17. The molecule has 0 aromatic rings. The highest BCUT2D eigenvalue weighted by Gasteiger charge is 2.34. The molecule has 14 heavy (non-hydrogen) atoms.